The Hall–Kier alpha value is -0.650. The second-order valence-corrected chi connectivity index (χ2v) is 4.84. The van der Waals surface area contributed by atoms with Gasteiger partial charge in [-0.15, -0.1) is 0 Å². The fourth-order valence-electron chi connectivity index (χ4n) is 3.24. The van der Waals surface area contributed by atoms with Crippen LogP contribution in [-0.4, -0.2) is 60.5 Å². The molecule has 2 saturated heterocycles. The monoisotopic (exact) mass is 227 g/mol. The van der Waals surface area contributed by atoms with E-state index >= 15 is 0 Å². The Morgan fingerprint density at radius 2 is 2.06 bits per heavy atom. The molecule has 1 aliphatic carbocycles. The Kier molecular flexibility index (Phi) is 2.61. The molecule has 4 atom stereocenters. The first-order valence-corrected chi connectivity index (χ1v) is 5.95. The third kappa shape index (κ3) is 1.63. The number of rotatable bonds is 1. The minimum atomic E-state index is -0.360. The topological polar surface area (TPSA) is 59.0 Å². The van der Waals surface area contributed by atoms with E-state index in [4.69, 9.17) is 9.47 Å². The third-order valence-electron chi connectivity index (χ3n) is 3.94. The van der Waals surface area contributed by atoms with Gasteiger partial charge in [0.05, 0.1) is 25.7 Å². The molecular formula is C11H17NO4. The lowest BCUT2D eigenvalue weighted by molar-refractivity contribution is -0.141. The lowest BCUT2D eigenvalue weighted by Crippen LogP contribution is -2.49. The van der Waals surface area contributed by atoms with Crippen LogP contribution in [0.1, 0.15) is 12.8 Å². The highest BCUT2D eigenvalue weighted by molar-refractivity contribution is 5.72. The minimum absolute atomic E-state index is 0.0599. The first-order valence-electron chi connectivity index (χ1n) is 5.95. The summed E-state index contributed by atoms with van der Waals surface area (Å²) in [5.41, 5.74) is 0. The van der Waals surface area contributed by atoms with Crippen LogP contribution in [0.15, 0.2) is 0 Å². The second kappa shape index (κ2) is 3.98. The van der Waals surface area contributed by atoms with Gasteiger partial charge in [-0.3, -0.25) is 9.69 Å². The van der Waals surface area contributed by atoms with Gasteiger partial charge >= 0.3 is 5.97 Å². The lowest BCUT2D eigenvalue weighted by atomic mass is 9.97. The van der Waals surface area contributed by atoms with Crippen LogP contribution in [0.4, 0.5) is 0 Å². The second-order valence-electron chi connectivity index (χ2n) is 4.84. The van der Waals surface area contributed by atoms with Crippen molar-refractivity contribution in [3.8, 4) is 0 Å². The van der Waals surface area contributed by atoms with Crippen LogP contribution in [0.3, 0.4) is 0 Å². The fraction of sp³-hybridized carbons (Fsp3) is 0.909. The standard InChI is InChI=1S/C11H17NO4/c13-8-6-9-7(5-10(14)16-9)11(8)12-1-3-15-4-2-12/h7-9,11,13H,1-6H2/t7-,8-,9-,11-/m1/s1. The average Bonchev–Trinajstić information content (AvgIpc) is 2.74. The van der Waals surface area contributed by atoms with E-state index in [-0.39, 0.29) is 30.1 Å². The van der Waals surface area contributed by atoms with Gasteiger partial charge in [0.15, 0.2) is 0 Å². The molecule has 0 bridgehead atoms. The minimum Gasteiger partial charge on any atom is -0.462 e. The molecule has 0 amide bonds. The van der Waals surface area contributed by atoms with Gasteiger partial charge in [0, 0.05) is 31.5 Å². The summed E-state index contributed by atoms with van der Waals surface area (Å²) in [5, 5.41) is 10.1. The summed E-state index contributed by atoms with van der Waals surface area (Å²) in [4.78, 5) is 13.5. The molecule has 0 radical (unpaired) electrons. The summed E-state index contributed by atoms with van der Waals surface area (Å²) >= 11 is 0. The number of aliphatic hydroxyl groups excluding tert-OH is 1. The molecule has 0 aromatic heterocycles. The molecule has 0 unspecified atom stereocenters. The number of ether oxygens (including phenoxy) is 2. The van der Waals surface area contributed by atoms with E-state index < -0.39 is 0 Å². The van der Waals surface area contributed by atoms with Gasteiger partial charge in [-0.2, -0.15) is 0 Å². The molecular weight excluding hydrogens is 210 g/mol. The van der Waals surface area contributed by atoms with Crippen molar-refractivity contribution < 1.29 is 19.4 Å². The van der Waals surface area contributed by atoms with E-state index in [9.17, 15) is 9.90 Å². The number of esters is 1. The summed E-state index contributed by atoms with van der Waals surface area (Å²) in [6.07, 6.45) is 0.638. The van der Waals surface area contributed by atoms with E-state index in [1.807, 2.05) is 0 Å². The average molecular weight is 227 g/mol. The Bertz CT molecular complexity index is 290. The van der Waals surface area contributed by atoms with E-state index in [0.717, 1.165) is 26.3 Å². The number of carbonyl (C=O) groups is 1. The Morgan fingerprint density at radius 1 is 1.31 bits per heavy atom. The van der Waals surface area contributed by atoms with Gasteiger partial charge in [-0.05, 0) is 0 Å². The van der Waals surface area contributed by atoms with E-state index in [1.165, 1.54) is 0 Å². The Balaban J connectivity index is 1.74. The summed E-state index contributed by atoms with van der Waals surface area (Å²) in [6.45, 7) is 3.13. The van der Waals surface area contributed by atoms with Crippen molar-refractivity contribution in [3.63, 3.8) is 0 Å². The largest absolute Gasteiger partial charge is 0.462 e. The van der Waals surface area contributed by atoms with Crippen molar-refractivity contribution in [3.05, 3.63) is 0 Å². The molecule has 90 valence electrons. The normalized spacial score (nSPS) is 44.4. The third-order valence-corrected chi connectivity index (χ3v) is 3.94. The van der Waals surface area contributed by atoms with Crippen molar-refractivity contribution in [2.24, 2.45) is 5.92 Å². The summed E-state index contributed by atoms with van der Waals surface area (Å²) in [5.74, 6) is 0.0701. The van der Waals surface area contributed by atoms with Crippen LogP contribution in [-0.2, 0) is 14.3 Å². The summed E-state index contributed by atoms with van der Waals surface area (Å²) in [7, 11) is 0. The van der Waals surface area contributed by atoms with Crippen molar-refractivity contribution in [2.45, 2.75) is 31.1 Å². The van der Waals surface area contributed by atoms with Crippen molar-refractivity contribution in [1.82, 2.24) is 4.90 Å². The Morgan fingerprint density at radius 3 is 2.81 bits per heavy atom. The van der Waals surface area contributed by atoms with Gasteiger partial charge in [-0.1, -0.05) is 0 Å². The van der Waals surface area contributed by atoms with Crippen LogP contribution in [0, 0.1) is 5.92 Å². The molecule has 3 aliphatic rings. The fourth-order valence-corrected chi connectivity index (χ4v) is 3.24. The quantitative estimate of drug-likeness (QED) is 0.605. The highest BCUT2D eigenvalue weighted by atomic mass is 16.6. The lowest BCUT2D eigenvalue weighted by Gasteiger charge is -2.36. The number of morpholine rings is 1. The van der Waals surface area contributed by atoms with Crippen LogP contribution >= 0.6 is 0 Å². The maximum absolute atomic E-state index is 11.2. The van der Waals surface area contributed by atoms with Gasteiger partial charge in [0.2, 0.25) is 0 Å². The van der Waals surface area contributed by atoms with Gasteiger partial charge in [0.1, 0.15) is 6.10 Å². The number of carbonyl (C=O) groups excluding carboxylic acids is 1. The molecule has 0 aromatic rings. The number of aliphatic hydroxyl groups is 1. The molecule has 1 saturated carbocycles. The zero-order valence-corrected chi connectivity index (χ0v) is 9.17. The summed E-state index contributed by atoms with van der Waals surface area (Å²) in [6, 6.07) is 0.0837. The van der Waals surface area contributed by atoms with Crippen molar-refractivity contribution in [2.75, 3.05) is 26.3 Å². The number of hydrogen-bond acceptors (Lipinski definition) is 5. The maximum Gasteiger partial charge on any atom is 0.306 e. The molecule has 0 aromatic carbocycles. The smallest absolute Gasteiger partial charge is 0.306 e. The van der Waals surface area contributed by atoms with E-state index in [0.29, 0.717) is 12.8 Å². The van der Waals surface area contributed by atoms with Crippen molar-refractivity contribution in [1.29, 1.82) is 0 Å². The van der Waals surface area contributed by atoms with E-state index in [2.05, 4.69) is 4.90 Å². The first-order chi connectivity index (χ1) is 7.75. The maximum atomic E-state index is 11.2. The highest BCUT2D eigenvalue weighted by Crippen LogP contribution is 2.39. The van der Waals surface area contributed by atoms with Gasteiger partial charge in [-0.25, -0.2) is 0 Å². The van der Waals surface area contributed by atoms with Crippen molar-refractivity contribution >= 4 is 5.97 Å². The highest BCUT2D eigenvalue weighted by Gasteiger charge is 2.51. The molecule has 2 heterocycles. The van der Waals surface area contributed by atoms with E-state index in [1.54, 1.807) is 0 Å². The SMILES string of the molecule is O=C1C[C@H]2[C@@H](N3CCOCC3)[C@H](O)C[C@H]2O1. The number of nitrogens with zero attached hydrogens (tertiary/aromatic N) is 1. The molecule has 5 heteroatoms. The first kappa shape index (κ1) is 10.5. The summed E-state index contributed by atoms with van der Waals surface area (Å²) < 4.78 is 10.5. The molecule has 1 N–H and O–H groups in total. The van der Waals surface area contributed by atoms with Gasteiger partial charge in [0.25, 0.3) is 0 Å². The molecule has 16 heavy (non-hydrogen) atoms. The van der Waals surface area contributed by atoms with Crippen LogP contribution in [0.5, 0.6) is 0 Å². The number of fused-ring (bicyclic) bond motifs is 1. The van der Waals surface area contributed by atoms with Gasteiger partial charge < -0.3 is 14.6 Å². The van der Waals surface area contributed by atoms with Crippen LogP contribution in [0.25, 0.3) is 0 Å². The molecule has 3 rings (SSSR count). The molecule has 0 spiro atoms. The number of hydrogen-bond donors (Lipinski definition) is 1. The Labute approximate surface area is 94.3 Å². The molecule has 3 fully saturated rings. The van der Waals surface area contributed by atoms with Crippen LogP contribution in [0.2, 0.25) is 0 Å². The predicted molar refractivity (Wildman–Crippen MR) is 54.8 cm³/mol. The molecule has 5 nitrogen and oxygen atoms in total. The van der Waals surface area contributed by atoms with Crippen LogP contribution < -0.4 is 0 Å². The molecule has 2 aliphatic heterocycles. The zero-order valence-electron chi connectivity index (χ0n) is 9.17. The zero-order chi connectivity index (χ0) is 11.1. The predicted octanol–water partition coefficient (Wildman–Crippen LogP) is -0.617.